The number of hydrogen-bond acceptors (Lipinski definition) is 0. The first kappa shape index (κ1) is 39.2. The van der Waals surface area contributed by atoms with Crippen molar-refractivity contribution in [1.82, 2.24) is 0 Å². The second kappa shape index (κ2) is 20.3. The molecule has 0 saturated carbocycles. The van der Waals surface area contributed by atoms with Gasteiger partial charge >= 0.3 is 37.9 Å². The third-order valence-electron chi connectivity index (χ3n) is 8.92. The summed E-state index contributed by atoms with van der Waals surface area (Å²) in [7, 11) is 11.0. The van der Waals surface area contributed by atoms with Gasteiger partial charge < -0.3 is 0 Å². The Morgan fingerprint density at radius 2 is 1.04 bits per heavy atom. The van der Waals surface area contributed by atoms with Gasteiger partial charge in [0.05, 0.1) is 0 Å². The van der Waals surface area contributed by atoms with Crippen LogP contribution in [0.25, 0.3) is 43.8 Å². The van der Waals surface area contributed by atoms with Crippen LogP contribution in [0.5, 0.6) is 0 Å². The Bertz CT molecular complexity index is 1760. The van der Waals surface area contributed by atoms with Crippen LogP contribution in [0.3, 0.4) is 0 Å². The Balaban J connectivity index is 0.000000219. The van der Waals surface area contributed by atoms with Gasteiger partial charge in [-0.3, -0.25) is 0 Å². The molecule has 244 valence electrons. The fraction of sp³-hybridized carbons (Fsp3) is 0.302. The maximum atomic E-state index is 4.93. The van der Waals surface area contributed by atoms with Gasteiger partial charge in [0, 0.05) is 9.52 Å². The van der Waals surface area contributed by atoms with E-state index in [2.05, 4.69) is 164 Å². The van der Waals surface area contributed by atoms with Crippen LogP contribution in [0.2, 0.25) is 13.1 Å². The summed E-state index contributed by atoms with van der Waals surface area (Å²) in [5, 5.41) is 5.44. The van der Waals surface area contributed by atoms with Crippen molar-refractivity contribution in [1.29, 1.82) is 0 Å². The average Bonchev–Trinajstić information content (AvgIpc) is 3.71. The van der Waals surface area contributed by atoms with Crippen LogP contribution < -0.4 is 0 Å². The summed E-state index contributed by atoms with van der Waals surface area (Å²) in [6.45, 7) is 17.8. The molecule has 6 rings (SSSR count). The molecule has 2 unspecified atom stereocenters. The quantitative estimate of drug-likeness (QED) is 0.112. The molecule has 0 amide bonds. The molecule has 6 aromatic rings. The molecular weight excluding hydrogens is 707 g/mol. The number of rotatable bonds is 7. The van der Waals surface area contributed by atoms with Gasteiger partial charge in [-0.25, -0.2) is 0 Å². The molecule has 0 fully saturated rings. The zero-order chi connectivity index (χ0) is 34.3. The van der Waals surface area contributed by atoms with Crippen molar-refractivity contribution in [3.05, 3.63) is 131 Å². The van der Waals surface area contributed by atoms with Gasteiger partial charge in [0.25, 0.3) is 0 Å². The monoisotopic (exact) mass is 754 g/mol. The van der Waals surface area contributed by atoms with Gasteiger partial charge in [-0.15, -0.1) is 69.1 Å². The topological polar surface area (TPSA) is 0 Å². The summed E-state index contributed by atoms with van der Waals surface area (Å²) < 4.78 is 0. The normalized spacial score (nSPS) is 11.7. The number of benzene rings is 4. The van der Waals surface area contributed by atoms with Crippen LogP contribution in [0.1, 0.15) is 81.5 Å². The predicted molar refractivity (Wildman–Crippen MR) is 211 cm³/mol. The van der Waals surface area contributed by atoms with E-state index in [0.29, 0.717) is 11.8 Å². The molecule has 2 radical (unpaired) electrons. The van der Waals surface area contributed by atoms with Crippen LogP contribution in [0.4, 0.5) is 0 Å². The van der Waals surface area contributed by atoms with Crippen LogP contribution in [0.15, 0.2) is 109 Å². The molecule has 0 N–H and O–H groups in total. The number of halogens is 2. The summed E-state index contributed by atoms with van der Waals surface area (Å²) in [5.41, 5.74) is 11.0. The zero-order valence-electron chi connectivity index (χ0n) is 29.4. The summed E-state index contributed by atoms with van der Waals surface area (Å²) >= 11 is -0.826. The molecule has 4 heteroatoms. The standard InChI is InChI=1S/C21H23.C20H21.C2H6Si.2ClH.Zr/c1-4-15(3)17-9-11-18(12-10-17)20-8-6-7-19-13-16(5-2)14-21(19)20;1-4-15(3)16-8-10-17(11-9-16)19-7-5-6-18-12-14(2)13-20(18)19;1-3-2;;;/h6-15H,4-5H2,1-3H3;5-13,15H,4H2,1-3H3;1-2H3;2*1H;/q2*-1;;;;+4/p-2. The second-order valence-electron chi connectivity index (χ2n) is 12.3. The average molecular weight is 757 g/mol. The van der Waals surface area contributed by atoms with Gasteiger partial charge in [-0.05, 0) is 53.4 Å². The molecular formula is C43H50Cl2SiZr. The van der Waals surface area contributed by atoms with E-state index in [4.69, 9.17) is 17.0 Å². The van der Waals surface area contributed by atoms with E-state index in [1.807, 2.05) is 0 Å². The van der Waals surface area contributed by atoms with E-state index in [-0.39, 0.29) is 0 Å². The SMILES string of the molecule is CCC(C)c1ccc(-c2cccc3[cH-]c(C)cc23)cc1.CCc1cc2c(-c3ccc(C(C)CC)cc3)cccc2[cH-]1.C[Si]C.[Cl][Zr+2][Cl]. The zero-order valence-corrected chi connectivity index (χ0v) is 34.4. The Kier molecular flexibility index (Phi) is 17.0. The van der Waals surface area contributed by atoms with Crippen molar-refractivity contribution in [3.8, 4) is 22.3 Å². The molecule has 0 nitrogen and oxygen atoms in total. The molecule has 0 heterocycles. The molecule has 0 bridgehead atoms. The molecule has 2 atom stereocenters. The van der Waals surface area contributed by atoms with Gasteiger partial charge in [0.1, 0.15) is 0 Å². The molecule has 6 aromatic carbocycles. The van der Waals surface area contributed by atoms with Gasteiger partial charge in [-0.2, -0.15) is 12.1 Å². The van der Waals surface area contributed by atoms with Crippen LogP contribution in [0, 0.1) is 6.92 Å². The van der Waals surface area contributed by atoms with E-state index in [9.17, 15) is 0 Å². The summed E-state index contributed by atoms with van der Waals surface area (Å²) in [5.74, 6) is 1.28. The minimum absolute atomic E-state index is 0.639. The molecule has 0 aromatic heterocycles. The van der Waals surface area contributed by atoms with E-state index >= 15 is 0 Å². The summed E-state index contributed by atoms with van der Waals surface area (Å²) in [4.78, 5) is 0. The molecule has 47 heavy (non-hydrogen) atoms. The third kappa shape index (κ3) is 10.9. The Hall–Kier alpha value is -2.22. The fourth-order valence-corrected chi connectivity index (χ4v) is 5.84. The predicted octanol–water partition coefficient (Wildman–Crippen LogP) is 14.5. The Morgan fingerprint density at radius 3 is 1.45 bits per heavy atom. The molecule has 0 aliphatic rings. The third-order valence-corrected chi connectivity index (χ3v) is 8.92. The van der Waals surface area contributed by atoms with Crippen molar-refractivity contribution in [2.45, 2.75) is 85.7 Å². The fourth-order valence-electron chi connectivity index (χ4n) is 5.84. The van der Waals surface area contributed by atoms with Gasteiger partial charge in [0.15, 0.2) is 0 Å². The summed E-state index contributed by atoms with van der Waals surface area (Å²) in [6.07, 6.45) is 3.48. The minimum atomic E-state index is -0.826. The molecule has 0 aliphatic carbocycles. The van der Waals surface area contributed by atoms with Crippen molar-refractivity contribution in [2.24, 2.45) is 0 Å². The van der Waals surface area contributed by atoms with E-state index in [1.54, 1.807) is 0 Å². The Morgan fingerprint density at radius 1 is 0.638 bits per heavy atom. The van der Waals surface area contributed by atoms with E-state index in [0.717, 1.165) is 15.9 Å². The number of hydrogen-bond donors (Lipinski definition) is 0. The first-order chi connectivity index (χ1) is 22.7. The molecule has 0 aliphatic heterocycles. The van der Waals surface area contributed by atoms with Crippen molar-refractivity contribution < 1.29 is 20.8 Å². The van der Waals surface area contributed by atoms with Crippen LogP contribution in [-0.4, -0.2) is 9.52 Å². The second-order valence-corrected chi connectivity index (χ2v) is 17.0. The van der Waals surface area contributed by atoms with E-state index < -0.39 is 20.8 Å². The summed E-state index contributed by atoms with van der Waals surface area (Å²) in [6, 6.07) is 40.6. The first-order valence-electron chi connectivity index (χ1n) is 16.8. The van der Waals surface area contributed by atoms with Crippen LogP contribution in [-0.2, 0) is 27.3 Å². The van der Waals surface area contributed by atoms with Crippen molar-refractivity contribution in [3.63, 3.8) is 0 Å². The van der Waals surface area contributed by atoms with Crippen molar-refractivity contribution >= 4 is 48.1 Å². The van der Waals surface area contributed by atoms with E-state index in [1.165, 1.54) is 78.9 Å². The Labute approximate surface area is 306 Å². The number of fused-ring (bicyclic) bond motifs is 2. The van der Waals surface area contributed by atoms with Gasteiger partial charge in [0.2, 0.25) is 0 Å². The maximum absolute atomic E-state index is 4.93. The van der Waals surface area contributed by atoms with Crippen LogP contribution >= 0.6 is 17.0 Å². The molecule has 0 spiro atoms. The molecule has 0 saturated heterocycles. The first-order valence-corrected chi connectivity index (χ1v) is 25.2. The van der Waals surface area contributed by atoms with Crippen molar-refractivity contribution in [2.75, 3.05) is 0 Å². The van der Waals surface area contributed by atoms with Gasteiger partial charge in [-0.1, -0.05) is 126 Å². The number of aryl methyl sites for hydroxylation is 2.